The molecule has 13 nitrogen and oxygen atoms in total. The summed E-state index contributed by atoms with van der Waals surface area (Å²) >= 11 is 0. The van der Waals surface area contributed by atoms with Gasteiger partial charge in [0.1, 0.15) is 41.5 Å². The third-order valence-electron chi connectivity index (χ3n) is 6.53. The maximum atomic E-state index is 12.9. The van der Waals surface area contributed by atoms with E-state index in [1.807, 2.05) is 12.1 Å². The number of rotatable bonds is 15. The molecule has 0 radical (unpaired) electrons. The molecular weight excluding hydrogens is 601 g/mol. The molecule has 0 saturated heterocycles. The van der Waals surface area contributed by atoms with Crippen molar-refractivity contribution in [1.29, 1.82) is 0 Å². The van der Waals surface area contributed by atoms with Crippen molar-refractivity contribution in [2.45, 2.75) is 52.4 Å². The maximum Gasteiger partial charge on any atom is 0.254 e. The zero-order valence-electron chi connectivity index (χ0n) is 25.4. The molecule has 4 rings (SSSR count). The van der Waals surface area contributed by atoms with Crippen molar-refractivity contribution in [2.24, 2.45) is 5.73 Å². The van der Waals surface area contributed by atoms with Crippen molar-refractivity contribution in [3.8, 4) is 17.0 Å². The van der Waals surface area contributed by atoms with Gasteiger partial charge in [0.25, 0.3) is 5.91 Å². The Hall–Kier alpha value is -4.34. The van der Waals surface area contributed by atoms with Gasteiger partial charge in [0.2, 0.25) is 10.0 Å². The number of sulfonamides is 1. The summed E-state index contributed by atoms with van der Waals surface area (Å²) in [4.78, 5) is 25.6. The zero-order valence-corrected chi connectivity index (χ0v) is 27.3. The minimum atomic E-state index is -3.63. The summed E-state index contributed by atoms with van der Waals surface area (Å²) in [6.45, 7) is 10.7. The van der Waals surface area contributed by atoms with Crippen molar-refractivity contribution in [2.75, 3.05) is 22.4 Å². The molecular formula is C29H38N8O5SSi. The number of anilines is 3. The maximum absolute atomic E-state index is 12.9. The number of primary amides is 1. The predicted octanol–water partition coefficient (Wildman–Crippen LogP) is 4.79. The SMILES string of the molecule is CCS(=O)(=O)Nc1ccc(-c2nn(COCC[Si](C)(C)C)c(Nc3cnccn3)c2C(N)=O)cc1O[C@@H](C)c1ccccn1. The van der Waals surface area contributed by atoms with E-state index in [1.54, 1.807) is 37.4 Å². The smallest absolute Gasteiger partial charge is 0.254 e. The van der Waals surface area contributed by atoms with Crippen LogP contribution in [-0.4, -0.2) is 59.5 Å². The lowest BCUT2D eigenvalue weighted by Crippen LogP contribution is -2.22. The molecule has 4 N–H and O–H groups in total. The molecule has 3 aromatic heterocycles. The Balaban J connectivity index is 1.80. The van der Waals surface area contributed by atoms with Gasteiger partial charge in [-0.25, -0.2) is 18.1 Å². The van der Waals surface area contributed by atoms with E-state index in [2.05, 4.69) is 44.6 Å². The second kappa shape index (κ2) is 14.0. The van der Waals surface area contributed by atoms with Crippen LogP contribution in [-0.2, 0) is 21.5 Å². The molecule has 0 bridgehead atoms. The first-order chi connectivity index (χ1) is 20.9. The zero-order chi connectivity index (χ0) is 31.9. The van der Waals surface area contributed by atoms with Crippen molar-refractivity contribution in [1.82, 2.24) is 24.7 Å². The van der Waals surface area contributed by atoms with Gasteiger partial charge >= 0.3 is 0 Å². The molecule has 0 aliphatic heterocycles. The third-order valence-corrected chi connectivity index (χ3v) is 9.52. The molecule has 44 heavy (non-hydrogen) atoms. The molecule has 0 saturated carbocycles. The molecule has 0 aliphatic carbocycles. The van der Waals surface area contributed by atoms with Crippen molar-refractivity contribution < 1.29 is 22.7 Å². The summed E-state index contributed by atoms with van der Waals surface area (Å²) in [6.07, 6.45) is 5.67. The molecule has 15 heteroatoms. The molecule has 4 aromatic rings. The van der Waals surface area contributed by atoms with Gasteiger partial charge in [-0.3, -0.25) is 19.5 Å². The van der Waals surface area contributed by atoms with Crippen LogP contribution in [0, 0.1) is 0 Å². The van der Waals surface area contributed by atoms with Crippen LogP contribution in [0.25, 0.3) is 11.3 Å². The highest BCUT2D eigenvalue weighted by molar-refractivity contribution is 7.92. The van der Waals surface area contributed by atoms with E-state index >= 15 is 0 Å². The lowest BCUT2D eigenvalue weighted by molar-refractivity contribution is 0.0802. The number of aromatic nitrogens is 5. The standard InChI is InChI=1S/C29H38N8O5SSi/c1-6-43(39,40)36-23-11-10-21(17-24(23)42-20(2)22-9-7-8-12-32-22)27-26(28(30)38)29(34-25-18-31-13-14-33-25)37(35-27)19-41-15-16-44(3,4)5/h7-14,17-18,20,36H,6,15-16,19H2,1-5H3,(H2,30,38)(H,33,34)/t20-/m0/s1. The summed E-state index contributed by atoms with van der Waals surface area (Å²) in [5.74, 6) is 0.00991. The van der Waals surface area contributed by atoms with Crippen LogP contribution in [0.5, 0.6) is 5.75 Å². The first-order valence-electron chi connectivity index (χ1n) is 14.1. The minimum absolute atomic E-state index is 0.0435. The average molecular weight is 639 g/mol. The van der Waals surface area contributed by atoms with Crippen molar-refractivity contribution in [3.63, 3.8) is 0 Å². The number of hydrogen-bond donors (Lipinski definition) is 3. The Morgan fingerprint density at radius 3 is 2.55 bits per heavy atom. The van der Waals surface area contributed by atoms with Gasteiger partial charge in [-0.2, -0.15) is 5.10 Å². The third kappa shape index (κ3) is 8.61. The van der Waals surface area contributed by atoms with Gasteiger partial charge in [-0.1, -0.05) is 31.8 Å². The first kappa shape index (κ1) is 32.6. The van der Waals surface area contributed by atoms with Crippen LogP contribution in [0.3, 0.4) is 0 Å². The summed E-state index contributed by atoms with van der Waals surface area (Å²) in [5, 5.41) is 7.83. The first-order valence-corrected chi connectivity index (χ1v) is 19.5. The predicted molar refractivity (Wildman–Crippen MR) is 172 cm³/mol. The van der Waals surface area contributed by atoms with E-state index in [4.69, 9.17) is 20.3 Å². The number of carbonyl (C=O) groups is 1. The summed E-state index contributed by atoms with van der Waals surface area (Å²) < 4.78 is 41.3. The molecule has 3 heterocycles. The minimum Gasteiger partial charge on any atom is -0.482 e. The second-order valence-corrected chi connectivity index (χ2v) is 18.9. The second-order valence-electron chi connectivity index (χ2n) is 11.2. The summed E-state index contributed by atoms with van der Waals surface area (Å²) in [7, 11) is -4.98. The van der Waals surface area contributed by atoms with Crippen LogP contribution in [0.15, 0.2) is 61.2 Å². The largest absolute Gasteiger partial charge is 0.482 e. The van der Waals surface area contributed by atoms with Gasteiger partial charge in [0.05, 0.1) is 23.3 Å². The van der Waals surface area contributed by atoms with Crippen LogP contribution in [0.4, 0.5) is 17.3 Å². The van der Waals surface area contributed by atoms with Crippen LogP contribution in [0.2, 0.25) is 25.7 Å². The Morgan fingerprint density at radius 1 is 1.11 bits per heavy atom. The Morgan fingerprint density at radius 2 is 1.91 bits per heavy atom. The van der Waals surface area contributed by atoms with Crippen molar-refractivity contribution in [3.05, 3.63) is 72.4 Å². The van der Waals surface area contributed by atoms with E-state index < -0.39 is 30.1 Å². The molecule has 1 atom stereocenters. The quantitative estimate of drug-likeness (QED) is 0.121. The molecule has 1 amide bonds. The molecule has 234 valence electrons. The van der Waals surface area contributed by atoms with E-state index in [1.165, 1.54) is 30.2 Å². The highest BCUT2D eigenvalue weighted by Crippen LogP contribution is 2.37. The van der Waals surface area contributed by atoms with Gasteiger partial charge in [-0.15, -0.1) is 0 Å². The number of pyridine rings is 1. The number of nitrogens with two attached hydrogens (primary N) is 1. The number of amides is 1. The molecule has 0 unspecified atom stereocenters. The summed E-state index contributed by atoms with van der Waals surface area (Å²) in [5.41, 5.74) is 7.60. The van der Waals surface area contributed by atoms with E-state index in [9.17, 15) is 13.2 Å². The highest BCUT2D eigenvalue weighted by Gasteiger charge is 2.26. The fourth-order valence-electron chi connectivity index (χ4n) is 4.09. The number of ether oxygens (including phenoxy) is 2. The van der Waals surface area contributed by atoms with E-state index in [-0.39, 0.29) is 41.0 Å². The van der Waals surface area contributed by atoms with Crippen molar-refractivity contribution >= 4 is 41.3 Å². The molecule has 0 fully saturated rings. The normalized spacial score (nSPS) is 12.5. The van der Waals surface area contributed by atoms with Gasteiger partial charge in [-0.05, 0) is 44.2 Å². The Bertz CT molecular complexity index is 1680. The molecule has 0 spiro atoms. The monoisotopic (exact) mass is 638 g/mol. The van der Waals surface area contributed by atoms with Gasteiger partial charge in [0.15, 0.2) is 0 Å². The highest BCUT2D eigenvalue weighted by atomic mass is 32.2. The van der Waals surface area contributed by atoms with Gasteiger partial charge < -0.3 is 20.5 Å². The number of nitrogens with one attached hydrogen (secondary N) is 2. The number of carbonyl (C=O) groups excluding carboxylic acids is 1. The van der Waals surface area contributed by atoms with Crippen LogP contribution < -0.4 is 20.5 Å². The van der Waals surface area contributed by atoms with E-state index in [0.717, 1.165) is 6.04 Å². The fourth-order valence-corrected chi connectivity index (χ4v) is 5.50. The average Bonchev–Trinajstić information content (AvgIpc) is 3.34. The lowest BCUT2D eigenvalue weighted by Gasteiger charge is -2.19. The summed E-state index contributed by atoms with van der Waals surface area (Å²) in [6, 6.07) is 11.2. The topological polar surface area (TPSA) is 176 Å². The Labute approximate surface area is 258 Å². The number of hydrogen-bond acceptors (Lipinski definition) is 10. The van der Waals surface area contributed by atoms with Crippen LogP contribution in [0.1, 0.15) is 36.0 Å². The number of nitrogens with zero attached hydrogens (tertiary/aromatic N) is 5. The lowest BCUT2D eigenvalue weighted by atomic mass is 10.1. The fraction of sp³-hybridized carbons (Fsp3) is 0.345. The Kier molecular flexibility index (Phi) is 10.3. The van der Waals surface area contributed by atoms with Crippen LogP contribution >= 0.6 is 0 Å². The van der Waals surface area contributed by atoms with E-state index in [0.29, 0.717) is 23.7 Å². The number of benzene rings is 1. The molecule has 1 aromatic carbocycles. The van der Waals surface area contributed by atoms with Gasteiger partial charge in [0, 0.05) is 38.8 Å². The molecule has 0 aliphatic rings.